The van der Waals surface area contributed by atoms with Crippen molar-refractivity contribution in [3.05, 3.63) is 53.6 Å². The minimum absolute atomic E-state index is 0.0382. The van der Waals surface area contributed by atoms with Gasteiger partial charge in [-0.2, -0.15) is 0 Å². The van der Waals surface area contributed by atoms with E-state index in [2.05, 4.69) is 5.32 Å². The van der Waals surface area contributed by atoms with E-state index >= 15 is 0 Å². The molecule has 0 saturated heterocycles. The number of aromatic hydroxyl groups is 3. The van der Waals surface area contributed by atoms with Crippen LogP contribution >= 0.6 is 0 Å². The summed E-state index contributed by atoms with van der Waals surface area (Å²) in [6, 6.07) is 9.33. The van der Waals surface area contributed by atoms with Crippen molar-refractivity contribution in [2.45, 2.75) is 6.42 Å². The first kappa shape index (κ1) is 17.2. The van der Waals surface area contributed by atoms with E-state index in [0.717, 1.165) is 11.1 Å². The minimum atomic E-state index is -0.259. The van der Waals surface area contributed by atoms with Gasteiger partial charge in [0.1, 0.15) is 0 Å². The number of benzene rings is 2. The highest BCUT2D eigenvalue weighted by atomic mass is 16.5. The molecule has 0 spiro atoms. The summed E-state index contributed by atoms with van der Waals surface area (Å²) in [6.45, 7) is 0.395. The zero-order valence-electron chi connectivity index (χ0n) is 13.2. The van der Waals surface area contributed by atoms with Crippen LogP contribution in [0.3, 0.4) is 0 Å². The fourth-order valence-corrected chi connectivity index (χ4v) is 2.08. The van der Waals surface area contributed by atoms with Crippen LogP contribution in [0.15, 0.2) is 42.5 Å². The van der Waals surface area contributed by atoms with Crippen molar-refractivity contribution in [1.82, 2.24) is 5.32 Å². The van der Waals surface area contributed by atoms with Crippen molar-refractivity contribution in [2.24, 2.45) is 0 Å². The van der Waals surface area contributed by atoms with Crippen molar-refractivity contribution in [3.63, 3.8) is 0 Å². The summed E-state index contributed by atoms with van der Waals surface area (Å²) in [7, 11) is 1.45. The van der Waals surface area contributed by atoms with Gasteiger partial charge in [0.2, 0.25) is 5.91 Å². The molecule has 0 fully saturated rings. The molecule has 0 atom stereocenters. The molecule has 0 aromatic heterocycles. The third-order valence-corrected chi connectivity index (χ3v) is 3.38. The number of phenolic OH excluding ortho intramolecular Hbond substituents is 3. The number of phenols is 3. The van der Waals surface area contributed by atoms with Crippen LogP contribution in [0, 0.1) is 0 Å². The van der Waals surface area contributed by atoms with Crippen LogP contribution in [0.5, 0.6) is 23.0 Å². The van der Waals surface area contributed by atoms with Crippen molar-refractivity contribution in [2.75, 3.05) is 13.7 Å². The van der Waals surface area contributed by atoms with Gasteiger partial charge < -0.3 is 25.4 Å². The molecule has 4 N–H and O–H groups in total. The lowest BCUT2D eigenvalue weighted by Gasteiger charge is -2.05. The lowest BCUT2D eigenvalue weighted by molar-refractivity contribution is -0.116. The van der Waals surface area contributed by atoms with E-state index in [0.29, 0.717) is 18.7 Å². The second-order valence-corrected chi connectivity index (χ2v) is 5.13. The minimum Gasteiger partial charge on any atom is -0.504 e. The Morgan fingerprint density at radius 2 is 1.83 bits per heavy atom. The summed E-state index contributed by atoms with van der Waals surface area (Å²) in [6.07, 6.45) is 3.53. The van der Waals surface area contributed by atoms with Crippen molar-refractivity contribution < 1.29 is 24.9 Å². The molecular formula is C18H19NO5. The number of ether oxygens (including phenoxy) is 1. The van der Waals surface area contributed by atoms with E-state index in [-0.39, 0.29) is 23.2 Å². The molecule has 1 amide bonds. The fourth-order valence-electron chi connectivity index (χ4n) is 2.08. The Labute approximate surface area is 139 Å². The molecule has 2 rings (SSSR count). The number of amides is 1. The molecule has 2 aromatic rings. The molecule has 0 heterocycles. The third-order valence-electron chi connectivity index (χ3n) is 3.38. The number of hydrogen-bond donors (Lipinski definition) is 4. The van der Waals surface area contributed by atoms with E-state index in [9.17, 15) is 20.1 Å². The van der Waals surface area contributed by atoms with Crippen molar-refractivity contribution >= 4 is 12.0 Å². The summed E-state index contributed by atoms with van der Waals surface area (Å²) in [5, 5.41) is 30.9. The molecule has 6 nitrogen and oxygen atoms in total. The molecule has 0 aliphatic carbocycles. The Kier molecular flexibility index (Phi) is 5.68. The molecule has 0 radical (unpaired) electrons. The van der Waals surface area contributed by atoms with Gasteiger partial charge in [0.25, 0.3) is 0 Å². The Hall–Kier alpha value is -3.15. The zero-order valence-corrected chi connectivity index (χ0v) is 13.2. The molecule has 0 aliphatic rings. The highest BCUT2D eigenvalue weighted by Gasteiger charge is 2.03. The average Bonchev–Trinajstić information content (AvgIpc) is 2.57. The maximum atomic E-state index is 11.8. The predicted molar refractivity (Wildman–Crippen MR) is 90.2 cm³/mol. The Morgan fingerprint density at radius 1 is 1.08 bits per heavy atom. The highest BCUT2D eigenvalue weighted by Crippen LogP contribution is 2.26. The molecule has 0 unspecified atom stereocenters. The first-order valence-electron chi connectivity index (χ1n) is 7.33. The van der Waals surface area contributed by atoms with E-state index < -0.39 is 0 Å². The maximum Gasteiger partial charge on any atom is 0.244 e. The van der Waals surface area contributed by atoms with E-state index in [1.165, 1.54) is 31.4 Å². The molecule has 2 aromatic carbocycles. The quantitative estimate of drug-likeness (QED) is 0.481. The lowest BCUT2D eigenvalue weighted by atomic mass is 10.1. The fraction of sp³-hybridized carbons (Fsp3) is 0.167. The molecule has 0 bridgehead atoms. The Balaban J connectivity index is 1.85. The number of nitrogens with one attached hydrogen (secondary N) is 1. The van der Waals surface area contributed by atoms with Crippen LogP contribution in [0.2, 0.25) is 0 Å². The molecular weight excluding hydrogens is 310 g/mol. The molecule has 0 saturated carbocycles. The zero-order chi connectivity index (χ0) is 17.5. The van der Waals surface area contributed by atoms with Gasteiger partial charge in [-0.1, -0.05) is 12.1 Å². The van der Waals surface area contributed by atoms with E-state index in [1.54, 1.807) is 24.3 Å². The normalized spacial score (nSPS) is 10.7. The van der Waals surface area contributed by atoms with Gasteiger partial charge >= 0.3 is 0 Å². The van der Waals surface area contributed by atoms with Crippen LogP contribution in [-0.4, -0.2) is 34.9 Å². The third kappa shape index (κ3) is 4.67. The SMILES string of the molecule is COc1cc(C=CC(=O)NCCc2ccc(O)c(O)c2)ccc1O. The van der Waals surface area contributed by atoms with Gasteiger partial charge in [0.15, 0.2) is 23.0 Å². The standard InChI is InChI=1S/C18H19NO5/c1-24-17-11-12(3-6-15(17)21)4-7-18(23)19-9-8-13-2-5-14(20)16(22)10-13/h2-7,10-11,20-22H,8-9H2,1H3,(H,19,23). The first-order valence-corrected chi connectivity index (χ1v) is 7.33. The van der Waals surface area contributed by atoms with Crippen LogP contribution < -0.4 is 10.1 Å². The largest absolute Gasteiger partial charge is 0.504 e. The topological polar surface area (TPSA) is 99.0 Å². The average molecular weight is 329 g/mol. The van der Waals surface area contributed by atoms with Gasteiger partial charge in [-0.25, -0.2) is 0 Å². The van der Waals surface area contributed by atoms with Gasteiger partial charge in [-0.05, 0) is 47.9 Å². The first-order chi connectivity index (χ1) is 11.5. The number of hydrogen-bond acceptors (Lipinski definition) is 5. The number of rotatable bonds is 6. The Morgan fingerprint density at radius 3 is 2.54 bits per heavy atom. The molecule has 0 aliphatic heterocycles. The van der Waals surface area contributed by atoms with E-state index in [4.69, 9.17) is 4.74 Å². The summed E-state index contributed by atoms with van der Waals surface area (Å²) in [4.78, 5) is 11.8. The van der Waals surface area contributed by atoms with Gasteiger partial charge in [0, 0.05) is 12.6 Å². The smallest absolute Gasteiger partial charge is 0.244 e. The van der Waals surface area contributed by atoms with Crippen LogP contribution in [-0.2, 0) is 11.2 Å². The van der Waals surface area contributed by atoms with Gasteiger partial charge in [-0.3, -0.25) is 4.79 Å². The van der Waals surface area contributed by atoms with E-state index in [1.807, 2.05) is 0 Å². The van der Waals surface area contributed by atoms with Crippen molar-refractivity contribution in [1.29, 1.82) is 0 Å². The van der Waals surface area contributed by atoms with Crippen molar-refractivity contribution in [3.8, 4) is 23.0 Å². The predicted octanol–water partition coefficient (Wildman–Crippen LogP) is 2.18. The molecule has 6 heteroatoms. The van der Waals surface area contributed by atoms with Gasteiger partial charge in [0.05, 0.1) is 7.11 Å². The highest BCUT2D eigenvalue weighted by molar-refractivity contribution is 5.91. The second kappa shape index (κ2) is 7.92. The number of carbonyl (C=O) groups excluding carboxylic acids is 1. The molecule has 24 heavy (non-hydrogen) atoms. The molecule has 126 valence electrons. The second-order valence-electron chi connectivity index (χ2n) is 5.13. The number of methoxy groups -OCH3 is 1. The summed E-state index contributed by atoms with van der Waals surface area (Å²) in [5.74, 6) is -0.235. The summed E-state index contributed by atoms with van der Waals surface area (Å²) >= 11 is 0. The number of carbonyl (C=O) groups is 1. The monoisotopic (exact) mass is 329 g/mol. The van der Waals surface area contributed by atoms with Gasteiger partial charge in [-0.15, -0.1) is 0 Å². The lowest BCUT2D eigenvalue weighted by Crippen LogP contribution is -2.23. The summed E-state index contributed by atoms with van der Waals surface area (Å²) in [5.41, 5.74) is 1.53. The Bertz CT molecular complexity index is 755. The summed E-state index contributed by atoms with van der Waals surface area (Å²) < 4.78 is 5.00. The maximum absolute atomic E-state index is 11.8. The van der Waals surface area contributed by atoms with Crippen LogP contribution in [0.25, 0.3) is 6.08 Å². The van der Waals surface area contributed by atoms with Crippen LogP contribution in [0.1, 0.15) is 11.1 Å². The van der Waals surface area contributed by atoms with Crippen LogP contribution in [0.4, 0.5) is 0 Å².